The van der Waals surface area contributed by atoms with Gasteiger partial charge in [-0.1, -0.05) is 12.1 Å². The van der Waals surface area contributed by atoms with Crippen molar-refractivity contribution in [2.75, 3.05) is 0 Å². The molecule has 8 nitrogen and oxygen atoms in total. The number of hydrogen-bond donors (Lipinski definition) is 2. The number of rotatable bonds is 6. The van der Waals surface area contributed by atoms with E-state index in [2.05, 4.69) is 9.97 Å². The normalized spacial score (nSPS) is 13.5. The molecule has 0 amide bonds. The molecule has 0 unspecified atom stereocenters. The number of para-hydroxylation sites is 2. The van der Waals surface area contributed by atoms with Crippen LogP contribution in [0.3, 0.4) is 0 Å². The number of aliphatic hydroxyl groups excluding tert-OH is 1. The van der Waals surface area contributed by atoms with Gasteiger partial charge in [0, 0.05) is 0 Å². The van der Waals surface area contributed by atoms with Gasteiger partial charge in [-0.3, -0.25) is 0 Å². The average molecular weight is 402 g/mol. The van der Waals surface area contributed by atoms with E-state index in [1.54, 1.807) is 36.4 Å². The first-order chi connectivity index (χ1) is 14.4. The second-order valence-electron chi connectivity index (χ2n) is 6.45. The quantitative estimate of drug-likeness (QED) is 0.365. The number of allylic oxidation sites excluding steroid dienone is 1. The Hall–Kier alpha value is -4.30. The zero-order valence-electron chi connectivity index (χ0n) is 16.3. The molecule has 0 saturated heterocycles. The molecule has 150 valence electrons. The van der Waals surface area contributed by atoms with E-state index >= 15 is 0 Å². The Labute approximate surface area is 172 Å². The topological polar surface area (TPSA) is 132 Å². The molecule has 0 spiro atoms. The minimum Gasteiger partial charge on any atom is -0.507 e. The second-order valence-corrected chi connectivity index (χ2v) is 6.45. The first kappa shape index (κ1) is 20.4. The van der Waals surface area contributed by atoms with Crippen molar-refractivity contribution >= 4 is 22.6 Å². The van der Waals surface area contributed by atoms with Crippen molar-refractivity contribution in [3.8, 4) is 17.9 Å². The number of ether oxygens (including phenoxy) is 2. The van der Waals surface area contributed by atoms with Crippen LogP contribution in [-0.2, 0) is 9.53 Å². The van der Waals surface area contributed by atoms with Crippen molar-refractivity contribution in [1.82, 2.24) is 9.97 Å². The van der Waals surface area contributed by atoms with Gasteiger partial charge in [-0.2, -0.15) is 10.5 Å². The molecule has 0 fully saturated rings. The summed E-state index contributed by atoms with van der Waals surface area (Å²) in [7, 11) is 0. The number of hydrogen-bond acceptors (Lipinski definition) is 7. The summed E-state index contributed by atoms with van der Waals surface area (Å²) in [4.78, 5) is 19.6. The largest absolute Gasteiger partial charge is 0.507 e. The lowest BCUT2D eigenvalue weighted by molar-refractivity contribution is -0.155. The second kappa shape index (κ2) is 8.80. The van der Waals surface area contributed by atoms with Crippen LogP contribution in [0.1, 0.15) is 25.2 Å². The van der Waals surface area contributed by atoms with Crippen LogP contribution in [0.5, 0.6) is 5.75 Å². The molecular weight excluding hydrogens is 384 g/mol. The zero-order chi connectivity index (χ0) is 21.7. The summed E-state index contributed by atoms with van der Waals surface area (Å²) in [5.74, 6) is -0.567. The molecule has 3 aromatic rings. The van der Waals surface area contributed by atoms with Crippen LogP contribution in [0.2, 0.25) is 0 Å². The van der Waals surface area contributed by atoms with Gasteiger partial charge in [0.25, 0.3) is 0 Å². The number of carbonyl (C=O) groups is 1. The Morgan fingerprint density at radius 1 is 1.10 bits per heavy atom. The fourth-order valence-corrected chi connectivity index (χ4v) is 2.69. The number of nitrogens with zero attached hydrogens (tertiary/aromatic N) is 3. The minimum atomic E-state index is -1.09. The molecule has 2 N–H and O–H groups in total. The summed E-state index contributed by atoms with van der Waals surface area (Å²) in [6.45, 7) is 2.94. The highest BCUT2D eigenvalue weighted by Gasteiger charge is 2.24. The van der Waals surface area contributed by atoms with Crippen LogP contribution in [0.25, 0.3) is 16.6 Å². The van der Waals surface area contributed by atoms with Crippen molar-refractivity contribution in [3.05, 3.63) is 65.7 Å². The van der Waals surface area contributed by atoms with E-state index in [0.717, 1.165) is 0 Å². The van der Waals surface area contributed by atoms with Crippen LogP contribution in [0, 0.1) is 22.7 Å². The fraction of sp³-hybridized carbons (Fsp3) is 0.182. The highest BCUT2D eigenvalue weighted by atomic mass is 16.6. The number of esters is 1. The number of fused-ring (bicyclic) bond motifs is 1. The first-order valence-corrected chi connectivity index (χ1v) is 9.08. The summed E-state index contributed by atoms with van der Waals surface area (Å²) >= 11 is 0. The molecule has 0 radical (unpaired) electrons. The van der Waals surface area contributed by atoms with Crippen molar-refractivity contribution in [1.29, 1.82) is 10.5 Å². The highest BCUT2D eigenvalue weighted by molar-refractivity contribution is 5.83. The molecule has 0 aliphatic carbocycles. The molecule has 3 rings (SSSR count). The smallest absolute Gasteiger partial charge is 0.347 e. The van der Waals surface area contributed by atoms with Crippen LogP contribution in [0.15, 0.2) is 54.3 Å². The predicted octanol–water partition coefficient (Wildman–Crippen LogP) is 3.63. The van der Waals surface area contributed by atoms with Crippen molar-refractivity contribution < 1.29 is 19.4 Å². The van der Waals surface area contributed by atoms with E-state index in [4.69, 9.17) is 14.7 Å². The summed E-state index contributed by atoms with van der Waals surface area (Å²) in [5, 5.41) is 28.8. The maximum Gasteiger partial charge on any atom is 0.347 e. The van der Waals surface area contributed by atoms with Crippen LogP contribution >= 0.6 is 0 Å². The standard InChI is InChI=1S/C22H18N4O4/c1-13(30-22(28)14(2)29-16-9-7-15(11-23)8-10-16)20(27)17(12-24)21-25-18-5-3-4-6-19(18)26-21/h3-10,13-14,27H,1-2H3,(H,25,26)/b20-17-/t13-,14-/m1/s1. The molecule has 8 heteroatoms. The van der Waals surface area contributed by atoms with E-state index in [0.29, 0.717) is 22.3 Å². The van der Waals surface area contributed by atoms with Gasteiger partial charge in [0.2, 0.25) is 0 Å². The van der Waals surface area contributed by atoms with Gasteiger partial charge in [-0.05, 0) is 50.2 Å². The molecule has 0 bridgehead atoms. The zero-order valence-corrected chi connectivity index (χ0v) is 16.3. The van der Waals surface area contributed by atoms with E-state index < -0.39 is 23.9 Å². The molecular formula is C22H18N4O4. The lowest BCUT2D eigenvalue weighted by atomic mass is 10.1. The number of carbonyl (C=O) groups excluding carboxylic acids is 1. The van der Waals surface area contributed by atoms with E-state index in [-0.39, 0.29) is 11.4 Å². The maximum atomic E-state index is 12.3. The average Bonchev–Trinajstić information content (AvgIpc) is 3.18. The Morgan fingerprint density at radius 3 is 2.43 bits per heavy atom. The van der Waals surface area contributed by atoms with Crippen molar-refractivity contribution in [2.24, 2.45) is 0 Å². The summed E-state index contributed by atoms with van der Waals surface area (Å²) < 4.78 is 10.8. The molecule has 0 aliphatic heterocycles. The minimum absolute atomic E-state index is 0.118. The third-order valence-electron chi connectivity index (χ3n) is 4.30. The summed E-state index contributed by atoms with van der Waals surface area (Å²) in [6, 6.07) is 17.4. The molecule has 0 saturated carbocycles. The van der Waals surface area contributed by atoms with Gasteiger partial charge in [-0.15, -0.1) is 0 Å². The number of benzene rings is 2. The SMILES string of the molecule is C[C@@H](Oc1ccc(C#N)cc1)C(=O)O[C@H](C)/C(O)=C(\C#N)c1nc2ccccc2[nH]1. The molecule has 0 aliphatic rings. The number of aromatic amines is 1. The van der Waals surface area contributed by atoms with E-state index in [9.17, 15) is 15.2 Å². The number of H-pyrrole nitrogens is 1. The highest BCUT2D eigenvalue weighted by Crippen LogP contribution is 2.22. The Kier molecular flexibility index (Phi) is 6.00. The Morgan fingerprint density at radius 2 is 1.80 bits per heavy atom. The summed E-state index contributed by atoms with van der Waals surface area (Å²) in [5.41, 5.74) is 1.70. The van der Waals surface area contributed by atoms with Crippen molar-refractivity contribution in [3.63, 3.8) is 0 Å². The van der Waals surface area contributed by atoms with Crippen LogP contribution in [-0.4, -0.2) is 33.3 Å². The number of aliphatic hydroxyl groups is 1. The van der Waals surface area contributed by atoms with Gasteiger partial charge >= 0.3 is 5.97 Å². The Bertz CT molecular complexity index is 1150. The fourth-order valence-electron chi connectivity index (χ4n) is 2.69. The van der Waals surface area contributed by atoms with E-state index in [1.165, 1.54) is 13.8 Å². The molecule has 2 atom stereocenters. The van der Waals surface area contributed by atoms with E-state index in [1.807, 2.05) is 24.3 Å². The Balaban J connectivity index is 1.72. The van der Waals surface area contributed by atoms with Gasteiger partial charge < -0.3 is 19.6 Å². The van der Waals surface area contributed by atoms with Gasteiger partial charge in [0.05, 0.1) is 22.7 Å². The third-order valence-corrected chi connectivity index (χ3v) is 4.30. The van der Waals surface area contributed by atoms with Crippen LogP contribution in [0.4, 0.5) is 0 Å². The van der Waals surface area contributed by atoms with Crippen molar-refractivity contribution in [2.45, 2.75) is 26.1 Å². The molecule has 30 heavy (non-hydrogen) atoms. The lowest BCUT2D eigenvalue weighted by Crippen LogP contribution is -2.30. The monoisotopic (exact) mass is 402 g/mol. The third kappa shape index (κ3) is 4.40. The summed E-state index contributed by atoms with van der Waals surface area (Å²) in [6.07, 6.45) is -2.06. The molecule has 1 aromatic heterocycles. The number of nitriles is 2. The number of nitrogens with one attached hydrogen (secondary N) is 1. The maximum absolute atomic E-state index is 12.3. The van der Waals surface area contributed by atoms with Gasteiger partial charge in [0.1, 0.15) is 17.4 Å². The van der Waals surface area contributed by atoms with Gasteiger partial charge in [-0.25, -0.2) is 9.78 Å². The van der Waals surface area contributed by atoms with Gasteiger partial charge in [0.15, 0.2) is 23.8 Å². The predicted molar refractivity (Wildman–Crippen MR) is 108 cm³/mol. The number of imidazole rings is 1. The molecule has 2 aromatic carbocycles. The van der Waals surface area contributed by atoms with Crippen LogP contribution < -0.4 is 4.74 Å². The molecule has 1 heterocycles. The first-order valence-electron chi connectivity index (χ1n) is 9.08. The number of aromatic nitrogens is 2. The lowest BCUT2D eigenvalue weighted by Gasteiger charge is -2.18.